The molecule has 3 N–H and O–H groups in total. The molecular weight excluding hydrogens is 180 g/mol. The molecule has 4 nitrogen and oxygen atoms in total. The van der Waals surface area contributed by atoms with Gasteiger partial charge in [0.05, 0.1) is 6.61 Å². The molecular formula is C7H15ClN2O2. The van der Waals surface area contributed by atoms with E-state index in [1.165, 1.54) is 0 Å². The molecule has 0 heterocycles. The van der Waals surface area contributed by atoms with Gasteiger partial charge in [0.2, 0.25) is 0 Å². The first kappa shape index (κ1) is 13.8. The van der Waals surface area contributed by atoms with Crippen LogP contribution in [0.15, 0.2) is 0 Å². The maximum absolute atomic E-state index is 11.0. The number of esters is 1. The van der Waals surface area contributed by atoms with Gasteiger partial charge in [0, 0.05) is 0 Å². The number of carbonyl (C=O) groups is 1. The van der Waals surface area contributed by atoms with Gasteiger partial charge in [-0.1, -0.05) is 6.92 Å². The number of rotatable bonds is 4. The molecule has 1 unspecified atom stereocenters. The zero-order valence-corrected chi connectivity index (χ0v) is 8.11. The predicted octanol–water partition coefficient (Wildman–Crippen LogP) is 0.933. The number of amidine groups is 1. The van der Waals surface area contributed by atoms with E-state index in [1.54, 1.807) is 13.8 Å². The molecule has 0 saturated carbocycles. The van der Waals surface area contributed by atoms with E-state index in [9.17, 15) is 4.79 Å². The van der Waals surface area contributed by atoms with E-state index in [0.717, 1.165) is 0 Å². The quantitative estimate of drug-likeness (QED) is 0.397. The summed E-state index contributed by atoms with van der Waals surface area (Å²) in [6, 6.07) is 0. The molecule has 72 valence electrons. The predicted molar refractivity (Wildman–Crippen MR) is 49.6 cm³/mol. The summed E-state index contributed by atoms with van der Waals surface area (Å²) in [7, 11) is 0. The molecule has 5 heteroatoms. The Balaban J connectivity index is 0. The van der Waals surface area contributed by atoms with Crippen molar-refractivity contribution in [2.75, 3.05) is 6.61 Å². The first-order chi connectivity index (χ1) is 5.13. The van der Waals surface area contributed by atoms with Crippen molar-refractivity contribution >= 4 is 24.2 Å². The largest absolute Gasteiger partial charge is 0.465 e. The van der Waals surface area contributed by atoms with Crippen molar-refractivity contribution in [1.29, 1.82) is 5.41 Å². The highest BCUT2D eigenvalue weighted by Gasteiger charge is 2.19. The molecule has 0 spiro atoms. The minimum absolute atomic E-state index is 0. The van der Waals surface area contributed by atoms with E-state index in [0.29, 0.717) is 13.0 Å². The van der Waals surface area contributed by atoms with E-state index in [4.69, 9.17) is 15.9 Å². The second-order valence-electron chi connectivity index (χ2n) is 2.17. The average molecular weight is 195 g/mol. The van der Waals surface area contributed by atoms with Crippen molar-refractivity contribution in [2.24, 2.45) is 11.7 Å². The van der Waals surface area contributed by atoms with Crippen molar-refractivity contribution in [1.82, 2.24) is 0 Å². The summed E-state index contributed by atoms with van der Waals surface area (Å²) in [5.41, 5.74) is 5.16. The molecule has 0 aromatic rings. The SMILES string of the molecule is CCOC(=O)C(CC)C(=N)N.Cl. The maximum Gasteiger partial charge on any atom is 0.316 e. The summed E-state index contributed by atoms with van der Waals surface area (Å²) in [6.07, 6.45) is 0.522. The van der Waals surface area contributed by atoms with Crippen molar-refractivity contribution in [3.05, 3.63) is 0 Å². The molecule has 0 fully saturated rings. The molecule has 0 aliphatic carbocycles. The molecule has 0 radical (unpaired) electrons. The standard InChI is InChI=1S/C7H14N2O2.ClH/c1-3-5(6(8)9)7(10)11-4-2;/h5H,3-4H2,1-2H3,(H3,8,9);1H. The van der Waals surface area contributed by atoms with Gasteiger partial charge in [0.1, 0.15) is 11.8 Å². The number of nitrogens with one attached hydrogen (secondary N) is 1. The van der Waals surface area contributed by atoms with Crippen LogP contribution in [0.25, 0.3) is 0 Å². The summed E-state index contributed by atoms with van der Waals surface area (Å²) in [4.78, 5) is 11.0. The summed E-state index contributed by atoms with van der Waals surface area (Å²) in [6.45, 7) is 3.86. The minimum Gasteiger partial charge on any atom is -0.465 e. The number of carbonyl (C=O) groups excluding carboxylic acids is 1. The zero-order valence-electron chi connectivity index (χ0n) is 7.29. The molecule has 0 rings (SSSR count). The third-order valence-electron chi connectivity index (χ3n) is 1.35. The summed E-state index contributed by atoms with van der Waals surface area (Å²) in [5, 5.41) is 7.04. The molecule has 12 heavy (non-hydrogen) atoms. The first-order valence-electron chi connectivity index (χ1n) is 3.64. The normalized spacial score (nSPS) is 11.2. The van der Waals surface area contributed by atoms with Gasteiger partial charge in [-0.2, -0.15) is 0 Å². The minimum atomic E-state index is -0.560. The smallest absolute Gasteiger partial charge is 0.316 e. The monoisotopic (exact) mass is 194 g/mol. The highest BCUT2D eigenvalue weighted by Crippen LogP contribution is 2.03. The molecule has 0 aliphatic heterocycles. The maximum atomic E-state index is 11.0. The lowest BCUT2D eigenvalue weighted by atomic mass is 10.1. The van der Waals surface area contributed by atoms with Crippen LogP contribution in [0.1, 0.15) is 20.3 Å². The van der Waals surface area contributed by atoms with E-state index in [-0.39, 0.29) is 18.2 Å². The highest BCUT2D eigenvalue weighted by molar-refractivity contribution is 5.98. The first-order valence-corrected chi connectivity index (χ1v) is 3.64. The fourth-order valence-corrected chi connectivity index (χ4v) is 0.756. The van der Waals surface area contributed by atoms with Crippen LogP contribution < -0.4 is 5.73 Å². The molecule has 0 aliphatic rings. The van der Waals surface area contributed by atoms with Crippen LogP contribution in [-0.2, 0) is 9.53 Å². The van der Waals surface area contributed by atoms with E-state index in [2.05, 4.69) is 0 Å². The van der Waals surface area contributed by atoms with Crippen molar-refractivity contribution in [3.63, 3.8) is 0 Å². The van der Waals surface area contributed by atoms with Gasteiger partial charge in [-0.05, 0) is 13.3 Å². The average Bonchev–Trinajstić information content (AvgIpc) is 1.88. The van der Waals surface area contributed by atoms with Crippen LogP contribution in [0.3, 0.4) is 0 Å². The Morgan fingerprint density at radius 3 is 2.33 bits per heavy atom. The molecule has 0 amide bonds. The number of nitrogens with two attached hydrogens (primary N) is 1. The summed E-state index contributed by atoms with van der Waals surface area (Å²) >= 11 is 0. The lowest BCUT2D eigenvalue weighted by molar-refractivity contribution is -0.145. The number of hydrogen-bond acceptors (Lipinski definition) is 3. The number of halogens is 1. The van der Waals surface area contributed by atoms with Gasteiger partial charge in [-0.15, -0.1) is 12.4 Å². The van der Waals surface area contributed by atoms with Gasteiger partial charge in [0.15, 0.2) is 0 Å². The number of hydrogen-bond donors (Lipinski definition) is 2. The van der Waals surface area contributed by atoms with Gasteiger partial charge < -0.3 is 10.5 Å². The Morgan fingerprint density at radius 2 is 2.08 bits per heavy atom. The fourth-order valence-electron chi connectivity index (χ4n) is 0.756. The lowest BCUT2D eigenvalue weighted by Crippen LogP contribution is -2.30. The second kappa shape index (κ2) is 6.91. The second-order valence-corrected chi connectivity index (χ2v) is 2.17. The van der Waals surface area contributed by atoms with Crippen LogP contribution in [-0.4, -0.2) is 18.4 Å². The third kappa shape index (κ3) is 4.18. The molecule has 0 bridgehead atoms. The Labute approximate surface area is 78.4 Å². The van der Waals surface area contributed by atoms with Crippen molar-refractivity contribution in [3.8, 4) is 0 Å². The van der Waals surface area contributed by atoms with Crippen molar-refractivity contribution < 1.29 is 9.53 Å². The van der Waals surface area contributed by atoms with Crippen LogP contribution in [0.4, 0.5) is 0 Å². The van der Waals surface area contributed by atoms with Gasteiger partial charge in [-0.3, -0.25) is 10.2 Å². The fraction of sp³-hybridized carbons (Fsp3) is 0.714. The highest BCUT2D eigenvalue weighted by atomic mass is 35.5. The zero-order chi connectivity index (χ0) is 8.85. The van der Waals surface area contributed by atoms with Crippen LogP contribution in [0, 0.1) is 11.3 Å². The van der Waals surface area contributed by atoms with Crippen LogP contribution in [0.2, 0.25) is 0 Å². The van der Waals surface area contributed by atoms with Crippen LogP contribution >= 0.6 is 12.4 Å². The summed E-state index contributed by atoms with van der Waals surface area (Å²) < 4.78 is 4.70. The Hall–Kier alpha value is -0.770. The molecule has 0 aromatic heterocycles. The Morgan fingerprint density at radius 1 is 1.58 bits per heavy atom. The Kier molecular flexibility index (Phi) is 7.94. The summed E-state index contributed by atoms with van der Waals surface area (Å²) in [5.74, 6) is -1.08. The molecule has 0 aromatic carbocycles. The Bertz CT molecular complexity index is 161. The van der Waals surface area contributed by atoms with E-state index < -0.39 is 11.9 Å². The van der Waals surface area contributed by atoms with Gasteiger partial charge in [0.25, 0.3) is 0 Å². The van der Waals surface area contributed by atoms with E-state index in [1.807, 2.05) is 0 Å². The topological polar surface area (TPSA) is 76.2 Å². The molecule has 1 atom stereocenters. The molecule has 0 saturated heterocycles. The van der Waals surface area contributed by atoms with Crippen molar-refractivity contribution in [2.45, 2.75) is 20.3 Å². The number of ether oxygens (including phenoxy) is 1. The van der Waals surface area contributed by atoms with Gasteiger partial charge in [-0.25, -0.2) is 0 Å². The van der Waals surface area contributed by atoms with Crippen LogP contribution in [0.5, 0.6) is 0 Å². The van der Waals surface area contributed by atoms with Gasteiger partial charge >= 0.3 is 5.97 Å². The third-order valence-corrected chi connectivity index (χ3v) is 1.35. The van der Waals surface area contributed by atoms with E-state index >= 15 is 0 Å². The lowest BCUT2D eigenvalue weighted by Gasteiger charge is -2.10.